The maximum Gasteiger partial charge on any atom is 0.255 e. The summed E-state index contributed by atoms with van der Waals surface area (Å²) in [5, 5.41) is 43.1. The molecule has 1 amide bonds. The zero-order valence-electron chi connectivity index (χ0n) is 17.0. The van der Waals surface area contributed by atoms with Crippen molar-refractivity contribution < 1.29 is 30.0 Å². The predicted molar refractivity (Wildman–Crippen MR) is 116 cm³/mol. The second-order valence-corrected chi connectivity index (χ2v) is 8.77. The minimum atomic E-state index is -1.47. The van der Waals surface area contributed by atoms with Crippen LogP contribution in [0.5, 0.6) is 0 Å². The lowest BCUT2D eigenvalue weighted by molar-refractivity contribution is -0.231. The fourth-order valence-corrected chi connectivity index (χ4v) is 4.74. The number of hydrogen-bond acceptors (Lipinski definition) is 8. The molecule has 1 aromatic heterocycles. The van der Waals surface area contributed by atoms with Crippen molar-refractivity contribution in [1.29, 1.82) is 0 Å². The van der Waals surface area contributed by atoms with E-state index in [1.54, 1.807) is 18.2 Å². The lowest BCUT2D eigenvalue weighted by Gasteiger charge is -2.39. The van der Waals surface area contributed by atoms with E-state index in [9.17, 15) is 25.2 Å². The number of hydrogen-bond donors (Lipinski definition) is 5. The molecular weight excluding hydrogens is 420 g/mol. The molecule has 0 bridgehead atoms. The molecule has 4 rings (SSSR count). The van der Waals surface area contributed by atoms with Crippen LogP contribution >= 0.6 is 11.3 Å². The number of para-hydroxylation sites is 1. The van der Waals surface area contributed by atoms with Crippen molar-refractivity contribution in [2.75, 3.05) is 11.9 Å². The van der Waals surface area contributed by atoms with Gasteiger partial charge in [0.2, 0.25) is 0 Å². The normalized spacial score (nSPS) is 26.2. The van der Waals surface area contributed by atoms with Crippen LogP contribution in [0.25, 0.3) is 10.2 Å². The highest BCUT2D eigenvalue weighted by Crippen LogP contribution is 2.36. The Bertz CT molecular complexity index is 1090. The van der Waals surface area contributed by atoms with E-state index >= 15 is 0 Å². The Hall–Kier alpha value is -2.40. The van der Waals surface area contributed by atoms with Gasteiger partial charge in [0.05, 0.1) is 16.8 Å². The number of rotatable bonds is 4. The predicted octanol–water partition coefficient (Wildman–Crippen LogP) is 1.68. The van der Waals surface area contributed by atoms with Gasteiger partial charge in [0.15, 0.2) is 0 Å². The number of benzene rings is 2. The van der Waals surface area contributed by atoms with Crippen LogP contribution in [0.15, 0.2) is 36.4 Å². The molecule has 5 N–H and O–H groups in total. The number of aliphatic hydroxyl groups excluding tert-OH is 4. The lowest BCUT2D eigenvalue weighted by atomic mass is 9.95. The van der Waals surface area contributed by atoms with Crippen molar-refractivity contribution in [3.63, 3.8) is 0 Å². The fourth-order valence-electron chi connectivity index (χ4n) is 3.71. The Balaban J connectivity index is 1.60. The maximum atomic E-state index is 12.8. The van der Waals surface area contributed by atoms with Gasteiger partial charge in [-0.3, -0.25) is 4.79 Å². The molecule has 2 heterocycles. The first-order chi connectivity index (χ1) is 14.8. The number of amides is 1. The fraction of sp³-hybridized carbons (Fsp3) is 0.364. The Kier molecular flexibility index (Phi) is 6.07. The molecule has 8 nitrogen and oxygen atoms in total. The van der Waals surface area contributed by atoms with E-state index in [0.29, 0.717) is 16.1 Å². The van der Waals surface area contributed by atoms with Crippen molar-refractivity contribution in [3.8, 4) is 0 Å². The molecule has 9 heteroatoms. The third kappa shape index (κ3) is 4.08. The molecule has 1 saturated heterocycles. The summed E-state index contributed by atoms with van der Waals surface area (Å²) in [5.74, 6) is -0.262. The Morgan fingerprint density at radius 2 is 1.81 bits per heavy atom. The number of nitrogens with one attached hydrogen (secondary N) is 1. The Morgan fingerprint density at radius 3 is 2.48 bits per heavy atom. The first-order valence-corrected chi connectivity index (χ1v) is 10.7. The van der Waals surface area contributed by atoms with Crippen LogP contribution in [0.1, 0.15) is 32.6 Å². The van der Waals surface area contributed by atoms with Gasteiger partial charge in [-0.05, 0) is 43.2 Å². The third-order valence-corrected chi connectivity index (χ3v) is 6.62. The zero-order valence-corrected chi connectivity index (χ0v) is 17.8. The standard InChI is InChI=1S/C22H24N2O6S/c1-10-4-3-5-11(2)16(10)24-21(29)12-6-7-15-13(8-12)23-22(31-15)20-19(28)18(27)17(26)14(9-25)30-20/h3-8,14,17-20,25-28H,9H2,1-2H3,(H,24,29)/t14-,17+,18+,19-,20-/m1/s1. The molecule has 0 saturated carbocycles. The monoisotopic (exact) mass is 444 g/mol. The summed E-state index contributed by atoms with van der Waals surface area (Å²) >= 11 is 1.25. The van der Waals surface area contributed by atoms with E-state index in [2.05, 4.69) is 10.3 Å². The van der Waals surface area contributed by atoms with Gasteiger partial charge in [-0.15, -0.1) is 11.3 Å². The minimum Gasteiger partial charge on any atom is -0.394 e. The number of anilines is 1. The number of aromatic nitrogens is 1. The maximum absolute atomic E-state index is 12.8. The molecule has 3 aromatic rings. The summed E-state index contributed by atoms with van der Waals surface area (Å²) < 4.78 is 6.36. The highest BCUT2D eigenvalue weighted by molar-refractivity contribution is 7.18. The SMILES string of the molecule is Cc1cccc(C)c1NC(=O)c1ccc2sc([C@@H]3O[C@H](CO)[C@H](O)[C@H](O)[C@H]3O)nc2c1. The number of aliphatic hydroxyl groups is 4. The van der Waals surface area contributed by atoms with Gasteiger partial charge in [-0.2, -0.15) is 0 Å². The summed E-state index contributed by atoms with van der Waals surface area (Å²) in [6, 6.07) is 10.9. The summed E-state index contributed by atoms with van der Waals surface area (Å²) in [6.07, 6.45) is -6.30. The zero-order chi connectivity index (χ0) is 22.3. The van der Waals surface area contributed by atoms with Crippen LogP contribution < -0.4 is 5.32 Å². The van der Waals surface area contributed by atoms with Crippen LogP contribution in [-0.2, 0) is 4.74 Å². The first kappa shape index (κ1) is 21.8. The number of fused-ring (bicyclic) bond motifs is 1. The Morgan fingerprint density at radius 1 is 1.10 bits per heavy atom. The van der Waals surface area contributed by atoms with E-state index < -0.39 is 37.1 Å². The highest BCUT2D eigenvalue weighted by Gasteiger charge is 2.45. The van der Waals surface area contributed by atoms with E-state index in [1.165, 1.54) is 11.3 Å². The van der Waals surface area contributed by atoms with E-state index in [0.717, 1.165) is 21.5 Å². The average Bonchev–Trinajstić information content (AvgIpc) is 3.18. The highest BCUT2D eigenvalue weighted by atomic mass is 32.1. The minimum absolute atomic E-state index is 0.262. The molecule has 5 atom stereocenters. The summed E-state index contributed by atoms with van der Waals surface area (Å²) in [6.45, 7) is 3.35. The quantitative estimate of drug-likeness (QED) is 0.414. The molecule has 2 aromatic carbocycles. The summed E-state index contributed by atoms with van der Waals surface area (Å²) in [7, 11) is 0. The number of nitrogens with zero attached hydrogens (tertiary/aromatic N) is 1. The van der Waals surface area contributed by atoms with Crippen molar-refractivity contribution in [3.05, 3.63) is 58.1 Å². The first-order valence-electron chi connectivity index (χ1n) is 9.88. The van der Waals surface area contributed by atoms with E-state index in [1.807, 2.05) is 32.0 Å². The average molecular weight is 445 g/mol. The molecule has 0 aliphatic carbocycles. The van der Waals surface area contributed by atoms with E-state index in [4.69, 9.17) is 4.74 Å². The van der Waals surface area contributed by atoms with Gasteiger partial charge in [0.1, 0.15) is 35.5 Å². The smallest absolute Gasteiger partial charge is 0.255 e. The number of carbonyl (C=O) groups is 1. The third-order valence-electron chi connectivity index (χ3n) is 5.52. The van der Waals surface area contributed by atoms with Crippen LogP contribution in [0.2, 0.25) is 0 Å². The second kappa shape index (κ2) is 8.62. The van der Waals surface area contributed by atoms with Gasteiger partial charge >= 0.3 is 0 Å². The molecule has 1 fully saturated rings. The molecular formula is C22H24N2O6S. The second-order valence-electron chi connectivity index (χ2n) is 7.71. The van der Waals surface area contributed by atoms with Crippen molar-refractivity contribution in [1.82, 2.24) is 4.98 Å². The van der Waals surface area contributed by atoms with E-state index in [-0.39, 0.29) is 5.91 Å². The molecule has 1 aliphatic rings. The summed E-state index contributed by atoms with van der Waals surface area (Å²) in [4.78, 5) is 17.3. The molecule has 31 heavy (non-hydrogen) atoms. The molecule has 1 aliphatic heterocycles. The van der Waals surface area contributed by atoms with Crippen LogP contribution in [0.3, 0.4) is 0 Å². The molecule has 0 spiro atoms. The number of carbonyl (C=O) groups excluding carboxylic acids is 1. The number of aryl methyl sites for hydroxylation is 2. The Labute approximate surface area is 182 Å². The van der Waals surface area contributed by atoms with Crippen molar-refractivity contribution in [2.24, 2.45) is 0 Å². The van der Waals surface area contributed by atoms with Gasteiger partial charge in [0, 0.05) is 11.3 Å². The summed E-state index contributed by atoms with van der Waals surface area (Å²) in [5.41, 5.74) is 3.68. The lowest BCUT2D eigenvalue weighted by Crippen LogP contribution is -2.55. The van der Waals surface area contributed by atoms with Gasteiger partial charge in [-0.25, -0.2) is 4.98 Å². The molecule has 0 unspecified atom stereocenters. The van der Waals surface area contributed by atoms with Crippen LogP contribution in [0, 0.1) is 13.8 Å². The van der Waals surface area contributed by atoms with Crippen molar-refractivity contribution in [2.45, 2.75) is 44.4 Å². The van der Waals surface area contributed by atoms with Crippen LogP contribution in [0.4, 0.5) is 5.69 Å². The molecule has 0 radical (unpaired) electrons. The van der Waals surface area contributed by atoms with Gasteiger partial charge in [-0.1, -0.05) is 18.2 Å². The number of thiazole rings is 1. The van der Waals surface area contributed by atoms with Gasteiger partial charge < -0.3 is 30.5 Å². The topological polar surface area (TPSA) is 132 Å². The van der Waals surface area contributed by atoms with Crippen LogP contribution in [-0.4, -0.2) is 62.3 Å². The molecule has 164 valence electrons. The largest absolute Gasteiger partial charge is 0.394 e. The number of ether oxygens (including phenoxy) is 1. The van der Waals surface area contributed by atoms with Crippen molar-refractivity contribution >= 4 is 33.1 Å². The van der Waals surface area contributed by atoms with Gasteiger partial charge in [0.25, 0.3) is 5.91 Å².